The fourth-order valence-corrected chi connectivity index (χ4v) is 2.71. The number of hydrogen-bond donors (Lipinski definition) is 1. The van der Waals surface area contributed by atoms with E-state index in [1.807, 2.05) is 10.9 Å². The number of nitrogens with two attached hydrogens (primary N) is 1. The van der Waals surface area contributed by atoms with Gasteiger partial charge in [-0.3, -0.25) is 9.58 Å². The molecule has 0 bridgehead atoms. The van der Waals surface area contributed by atoms with Crippen molar-refractivity contribution in [3.8, 4) is 0 Å². The number of benzene rings is 1. The molecule has 4 nitrogen and oxygen atoms in total. The van der Waals surface area contributed by atoms with Crippen LogP contribution in [0, 0.1) is 0 Å². The molecule has 0 saturated carbocycles. The highest BCUT2D eigenvalue weighted by atomic mass is 15.3. The zero-order chi connectivity index (χ0) is 13.1. The predicted molar refractivity (Wildman–Crippen MR) is 76.7 cm³/mol. The lowest BCUT2D eigenvalue weighted by Gasteiger charge is -2.20. The molecule has 0 unspecified atom stereocenters. The van der Waals surface area contributed by atoms with Gasteiger partial charge in [-0.05, 0) is 30.5 Å². The Balaban J connectivity index is 1.63. The molecule has 2 heterocycles. The van der Waals surface area contributed by atoms with Crippen LogP contribution in [0.25, 0.3) is 0 Å². The van der Waals surface area contributed by atoms with E-state index in [1.54, 1.807) is 6.20 Å². The molecule has 0 spiro atoms. The van der Waals surface area contributed by atoms with E-state index in [2.05, 4.69) is 34.3 Å². The highest BCUT2D eigenvalue weighted by molar-refractivity contribution is 5.30. The summed E-state index contributed by atoms with van der Waals surface area (Å²) in [6.07, 6.45) is 6.03. The van der Waals surface area contributed by atoms with Crippen LogP contribution < -0.4 is 5.73 Å². The molecule has 19 heavy (non-hydrogen) atoms. The number of anilines is 1. The third-order valence-electron chi connectivity index (χ3n) is 3.73. The van der Waals surface area contributed by atoms with Crippen LogP contribution in [0.5, 0.6) is 0 Å². The van der Waals surface area contributed by atoms with Gasteiger partial charge in [-0.15, -0.1) is 0 Å². The molecule has 1 aromatic carbocycles. The molecule has 0 radical (unpaired) electrons. The lowest BCUT2D eigenvalue weighted by molar-refractivity contribution is 0.254. The highest BCUT2D eigenvalue weighted by Crippen LogP contribution is 2.18. The molecule has 1 aliphatic heterocycles. The number of aromatic nitrogens is 2. The quantitative estimate of drug-likeness (QED) is 0.912. The third-order valence-corrected chi connectivity index (χ3v) is 3.73. The van der Waals surface area contributed by atoms with Crippen molar-refractivity contribution in [2.75, 3.05) is 18.8 Å². The van der Waals surface area contributed by atoms with Crippen molar-refractivity contribution in [2.24, 2.45) is 0 Å². The van der Waals surface area contributed by atoms with Crippen molar-refractivity contribution in [1.29, 1.82) is 0 Å². The van der Waals surface area contributed by atoms with Gasteiger partial charge in [0.25, 0.3) is 0 Å². The maximum absolute atomic E-state index is 5.68. The number of rotatable bonds is 3. The summed E-state index contributed by atoms with van der Waals surface area (Å²) in [5, 5.41) is 4.23. The largest absolute Gasteiger partial charge is 0.396 e. The van der Waals surface area contributed by atoms with Gasteiger partial charge in [-0.25, -0.2) is 0 Å². The van der Waals surface area contributed by atoms with E-state index < -0.39 is 0 Å². The fraction of sp³-hybridized carbons (Fsp3) is 0.400. The van der Waals surface area contributed by atoms with Gasteiger partial charge in [-0.1, -0.05) is 24.3 Å². The van der Waals surface area contributed by atoms with E-state index in [4.69, 9.17) is 5.73 Å². The second-order valence-corrected chi connectivity index (χ2v) is 5.19. The average Bonchev–Trinajstić information content (AvgIpc) is 2.72. The average molecular weight is 256 g/mol. The van der Waals surface area contributed by atoms with E-state index in [9.17, 15) is 0 Å². The van der Waals surface area contributed by atoms with Gasteiger partial charge in [-0.2, -0.15) is 5.10 Å². The third kappa shape index (κ3) is 2.96. The first-order valence-corrected chi connectivity index (χ1v) is 6.88. The summed E-state index contributed by atoms with van der Waals surface area (Å²) in [5.41, 5.74) is 9.40. The van der Waals surface area contributed by atoms with Crippen LogP contribution >= 0.6 is 0 Å². The molecule has 0 amide bonds. The van der Waals surface area contributed by atoms with Crippen molar-refractivity contribution in [3.63, 3.8) is 0 Å². The van der Waals surface area contributed by atoms with Crippen LogP contribution in [0.15, 0.2) is 36.7 Å². The van der Waals surface area contributed by atoms with Crippen molar-refractivity contribution in [1.82, 2.24) is 14.7 Å². The van der Waals surface area contributed by atoms with Crippen LogP contribution in [0.3, 0.4) is 0 Å². The number of aryl methyl sites for hydroxylation is 1. The molecule has 4 heteroatoms. The summed E-state index contributed by atoms with van der Waals surface area (Å²) in [4.78, 5) is 2.50. The number of fused-ring (bicyclic) bond motifs is 1. The minimum Gasteiger partial charge on any atom is -0.396 e. The van der Waals surface area contributed by atoms with Crippen LogP contribution in [0.2, 0.25) is 0 Å². The SMILES string of the molecule is Nc1cnn(CCN2CCCc3ccccc3C2)c1. The van der Waals surface area contributed by atoms with Gasteiger partial charge < -0.3 is 5.73 Å². The van der Waals surface area contributed by atoms with Crippen molar-refractivity contribution < 1.29 is 0 Å². The van der Waals surface area contributed by atoms with Crippen LogP contribution in [0.1, 0.15) is 17.5 Å². The Morgan fingerprint density at radius 1 is 1.16 bits per heavy atom. The van der Waals surface area contributed by atoms with Crippen LogP contribution in [0.4, 0.5) is 5.69 Å². The monoisotopic (exact) mass is 256 g/mol. The fourth-order valence-electron chi connectivity index (χ4n) is 2.71. The second-order valence-electron chi connectivity index (χ2n) is 5.19. The molecule has 0 aliphatic carbocycles. The number of nitrogens with zero attached hydrogens (tertiary/aromatic N) is 3. The predicted octanol–water partition coefficient (Wildman–Crippen LogP) is 1.91. The molecule has 1 aromatic heterocycles. The smallest absolute Gasteiger partial charge is 0.0719 e. The lowest BCUT2D eigenvalue weighted by Crippen LogP contribution is -2.27. The summed E-state index contributed by atoms with van der Waals surface area (Å²) < 4.78 is 1.92. The molecule has 3 rings (SSSR count). The van der Waals surface area contributed by atoms with E-state index in [-0.39, 0.29) is 0 Å². The molecule has 0 fully saturated rings. The first-order chi connectivity index (χ1) is 9.31. The number of nitrogen functional groups attached to an aromatic ring is 1. The molecule has 0 saturated heterocycles. The molecule has 2 aromatic rings. The minimum atomic E-state index is 0.737. The zero-order valence-electron chi connectivity index (χ0n) is 11.1. The zero-order valence-corrected chi connectivity index (χ0v) is 11.1. The van der Waals surface area contributed by atoms with E-state index >= 15 is 0 Å². The topological polar surface area (TPSA) is 47.1 Å². The summed E-state index contributed by atoms with van der Waals surface area (Å²) in [6.45, 7) is 4.13. The maximum Gasteiger partial charge on any atom is 0.0719 e. The van der Waals surface area contributed by atoms with Gasteiger partial charge in [0, 0.05) is 19.3 Å². The molecule has 100 valence electrons. The molecule has 0 atom stereocenters. The maximum atomic E-state index is 5.68. The van der Waals surface area contributed by atoms with Crippen molar-refractivity contribution >= 4 is 5.69 Å². The van der Waals surface area contributed by atoms with E-state index in [1.165, 1.54) is 24.0 Å². The van der Waals surface area contributed by atoms with Crippen LogP contribution in [-0.2, 0) is 19.5 Å². The van der Waals surface area contributed by atoms with Gasteiger partial charge in [0.15, 0.2) is 0 Å². The summed E-state index contributed by atoms with van der Waals surface area (Å²) >= 11 is 0. The van der Waals surface area contributed by atoms with Gasteiger partial charge in [0.05, 0.1) is 18.4 Å². The summed E-state index contributed by atoms with van der Waals surface area (Å²) in [5.74, 6) is 0. The Labute approximate surface area is 113 Å². The first kappa shape index (κ1) is 12.2. The normalized spacial score (nSPS) is 16.0. The number of hydrogen-bond acceptors (Lipinski definition) is 3. The van der Waals surface area contributed by atoms with E-state index in [0.717, 1.165) is 31.9 Å². The van der Waals surface area contributed by atoms with Gasteiger partial charge in [0.1, 0.15) is 0 Å². The summed E-state index contributed by atoms with van der Waals surface area (Å²) in [6, 6.07) is 8.78. The molecule has 2 N–H and O–H groups in total. The molecule has 1 aliphatic rings. The minimum absolute atomic E-state index is 0.737. The Bertz CT molecular complexity index is 547. The first-order valence-electron chi connectivity index (χ1n) is 6.88. The van der Waals surface area contributed by atoms with E-state index in [0.29, 0.717) is 0 Å². The van der Waals surface area contributed by atoms with Crippen molar-refractivity contribution in [3.05, 3.63) is 47.8 Å². The highest BCUT2D eigenvalue weighted by Gasteiger charge is 2.13. The molecular formula is C15H20N4. The lowest BCUT2D eigenvalue weighted by atomic mass is 10.0. The standard InChI is InChI=1S/C15H20N4/c16-15-10-17-19(12-15)9-8-18-7-3-6-13-4-1-2-5-14(13)11-18/h1-2,4-5,10,12H,3,6-9,11,16H2. The Morgan fingerprint density at radius 3 is 2.79 bits per heavy atom. The van der Waals surface area contributed by atoms with Crippen LogP contribution in [-0.4, -0.2) is 27.8 Å². The van der Waals surface area contributed by atoms with Gasteiger partial charge >= 0.3 is 0 Å². The Hall–Kier alpha value is -1.81. The summed E-state index contributed by atoms with van der Waals surface area (Å²) in [7, 11) is 0. The van der Waals surface area contributed by atoms with Crippen molar-refractivity contribution in [2.45, 2.75) is 25.9 Å². The molecular weight excluding hydrogens is 236 g/mol. The Morgan fingerprint density at radius 2 is 2.00 bits per heavy atom. The Kier molecular flexibility index (Phi) is 3.51. The van der Waals surface area contributed by atoms with Gasteiger partial charge in [0.2, 0.25) is 0 Å². The second kappa shape index (κ2) is 5.45.